The molecule has 0 saturated carbocycles. The zero-order valence-electron chi connectivity index (χ0n) is 15.5. The van der Waals surface area contributed by atoms with E-state index in [1.165, 1.54) is 4.88 Å². The van der Waals surface area contributed by atoms with E-state index in [0.717, 1.165) is 15.8 Å². The lowest BCUT2D eigenvalue weighted by atomic mass is 10.1. The largest absolute Gasteiger partial charge is 0.497 e. The van der Waals surface area contributed by atoms with Crippen molar-refractivity contribution in [2.24, 2.45) is 0 Å². The summed E-state index contributed by atoms with van der Waals surface area (Å²) in [5.74, 6) is 0.953. The molecule has 1 amide bonds. The zero-order valence-corrected chi connectivity index (χ0v) is 16.3. The van der Waals surface area contributed by atoms with Gasteiger partial charge in [-0.05, 0) is 38.1 Å². The number of carbonyl (C=O) groups excluding carboxylic acids is 1. The lowest BCUT2D eigenvalue weighted by molar-refractivity contribution is 0.0652. The minimum Gasteiger partial charge on any atom is -0.497 e. The topological polar surface area (TPSA) is 51.9 Å². The Morgan fingerprint density at radius 1 is 1.19 bits per heavy atom. The van der Waals surface area contributed by atoms with E-state index < -0.39 is 0 Å². The number of carbonyl (C=O) groups is 1. The summed E-state index contributed by atoms with van der Waals surface area (Å²) in [7, 11) is 3.25. The van der Waals surface area contributed by atoms with Gasteiger partial charge in [0.1, 0.15) is 11.3 Å². The van der Waals surface area contributed by atoms with E-state index in [-0.39, 0.29) is 5.91 Å². The van der Waals surface area contributed by atoms with Crippen LogP contribution >= 0.6 is 11.3 Å². The Bertz CT molecular complexity index is 912. The van der Waals surface area contributed by atoms with E-state index in [9.17, 15) is 4.79 Å². The fourth-order valence-electron chi connectivity index (χ4n) is 2.89. The van der Waals surface area contributed by atoms with Crippen molar-refractivity contribution in [3.8, 4) is 5.75 Å². The van der Waals surface area contributed by atoms with Gasteiger partial charge in [-0.25, -0.2) is 0 Å². The van der Waals surface area contributed by atoms with Crippen LogP contribution in [0, 0.1) is 13.8 Å². The van der Waals surface area contributed by atoms with E-state index in [1.54, 1.807) is 36.5 Å². The fourth-order valence-corrected chi connectivity index (χ4v) is 3.80. The van der Waals surface area contributed by atoms with Crippen LogP contribution < -0.4 is 4.74 Å². The quantitative estimate of drug-likeness (QED) is 0.616. The molecule has 26 heavy (non-hydrogen) atoms. The lowest BCUT2D eigenvalue weighted by Crippen LogP contribution is -2.33. The highest BCUT2D eigenvalue weighted by Crippen LogP contribution is 2.30. The number of aryl methyl sites for hydroxylation is 2. The minimum absolute atomic E-state index is 0.124. The Kier molecular flexibility index (Phi) is 5.64. The second kappa shape index (κ2) is 7.93. The van der Waals surface area contributed by atoms with Crippen molar-refractivity contribution < 1.29 is 18.7 Å². The van der Waals surface area contributed by atoms with Gasteiger partial charge in [-0.2, -0.15) is 0 Å². The number of hydrogen-bond donors (Lipinski definition) is 0. The summed E-state index contributed by atoms with van der Waals surface area (Å²) in [6.07, 6.45) is 0. The Morgan fingerprint density at radius 3 is 2.65 bits per heavy atom. The van der Waals surface area contributed by atoms with Gasteiger partial charge in [-0.3, -0.25) is 4.79 Å². The normalized spacial score (nSPS) is 11.1. The molecule has 5 nitrogen and oxygen atoms in total. The number of thiophene rings is 1. The van der Waals surface area contributed by atoms with Crippen molar-refractivity contribution in [1.29, 1.82) is 0 Å². The highest BCUT2D eigenvalue weighted by atomic mass is 32.1. The molecule has 0 spiro atoms. The summed E-state index contributed by atoms with van der Waals surface area (Å²) in [4.78, 5) is 17.3. The molecular weight excluding hydrogens is 350 g/mol. The average molecular weight is 373 g/mol. The molecule has 6 heteroatoms. The number of amides is 1. The summed E-state index contributed by atoms with van der Waals surface area (Å²) in [6, 6.07) is 9.73. The molecule has 0 aliphatic heterocycles. The van der Waals surface area contributed by atoms with Crippen LogP contribution in [0.25, 0.3) is 11.0 Å². The monoisotopic (exact) mass is 373 g/mol. The van der Waals surface area contributed by atoms with Crippen molar-refractivity contribution in [2.45, 2.75) is 20.4 Å². The van der Waals surface area contributed by atoms with E-state index in [4.69, 9.17) is 13.9 Å². The first-order chi connectivity index (χ1) is 12.5. The number of benzene rings is 1. The van der Waals surface area contributed by atoms with Gasteiger partial charge in [0, 0.05) is 40.4 Å². The van der Waals surface area contributed by atoms with Crippen molar-refractivity contribution in [3.05, 3.63) is 51.4 Å². The molecule has 0 bridgehead atoms. The molecule has 2 aromatic heterocycles. The third-order valence-corrected chi connectivity index (χ3v) is 5.32. The van der Waals surface area contributed by atoms with Crippen molar-refractivity contribution in [2.75, 3.05) is 27.4 Å². The van der Waals surface area contributed by atoms with E-state index in [2.05, 4.69) is 19.1 Å². The number of methoxy groups -OCH3 is 2. The maximum Gasteiger partial charge on any atom is 0.290 e. The van der Waals surface area contributed by atoms with Crippen LogP contribution in [0.5, 0.6) is 5.75 Å². The molecule has 0 saturated heterocycles. The molecule has 0 aliphatic carbocycles. The molecule has 0 N–H and O–H groups in total. The maximum atomic E-state index is 13.2. The van der Waals surface area contributed by atoms with Gasteiger partial charge in [-0.15, -0.1) is 11.3 Å². The average Bonchev–Trinajstić information content (AvgIpc) is 3.20. The molecule has 3 aromatic rings. The first-order valence-electron chi connectivity index (χ1n) is 8.44. The highest BCUT2D eigenvalue weighted by molar-refractivity contribution is 7.11. The first-order valence-corrected chi connectivity index (χ1v) is 9.25. The summed E-state index contributed by atoms with van der Waals surface area (Å²) in [5, 5.41) is 0.924. The number of furan rings is 1. The first kappa shape index (κ1) is 18.5. The van der Waals surface area contributed by atoms with E-state index in [0.29, 0.717) is 36.8 Å². The van der Waals surface area contributed by atoms with Crippen LogP contribution in [-0.2, 0) is 11.3 Å². The molecule has 2 heterocycles. The third kappa shape index (κ3) is 3.76. The summed E-state index contributed by atoms with van der Waals surface area (Å²) in [5.41, 5.74) is 1.50. The summed E-state index contributed by atoms with van der Waals surface area (Å²) >= 11 is 1.69. The van der Waals surface area contributed by atoms with Crippen LogP contribution in [0.4, 0.5) is 0 Å². The predicted octanol–water partition coefficient (Wildman–Crippen LogP) is 4.41. The van der Waals surface area contributed by atoms with Crippen molar-refractivity contribution in [3.63, 3.8) is 0 Å². The van der Waals surface area contributed by atoms with Gasteiger partial charge < -0.3 is 18.8 Å². The van der Waals surface area contributed by atoms with Crippen LogP contribution in [-0.4, -0.2) is 38.2 Å². The number of hydrogen-bond acceptors (Lipinski definition) is 5. The van der Waals surface area contributed by atoms with Gasteiger partial charge in [0.2, 0.25) is 0 Å². The summed E-state index contributed by atoms with van der Waals surface area (Å²) in [6.45, 7) is 5.50. The smallest absolute Gasteiger partial charge is 0.290 e. The number of ether oxygens (including phenoxy) is 2. The number of nitrogens with zero attached hydrogens (tertiary/aromatic N) is 1. The van der Waals surface area contributed by atoms with Crippen LogP contribution in [0.2, 0.25) is 0 Å². The molecule has 0 unspecified atom stereocenters. The van der Waals surface area contributed by atoms with Gasteiger partial charge in [-0.1, -0.05) is 0 Å². The van der Waals surface area contributed by atoms with E-state index >= 15 is 0 Å². The lowest BCUT2D eigenvalue weighted by Gasteiger charge is -2.21. The maximum absolute atomic E-state index is 13.2. The Hall–Kier alpha value is -2.31. The van der Waals surface area contributed by atoms with E-state index in [1.807, 2.05) is 19.1 Å². The molecule has 1 aromatic carbocycles. The van der Waals surface area contributed by atoms with Crippen molar-refractivity contribution >= 4 is 28.2 Å². The van der Waals surface area contributed by atoms with Gasteiger partial charge >= 0.3 is 0 Å². The Morgan fingerprint density at radius 2 is 2.00 bits per heavy atom. The van der Waals surface area contributed by atoms with Crippen LogP contribution in [0.1, 0.15) is 25.9 Å². The molecule has 0 radical (unpaired) electrons. The fraction of sp³-hybridized carbons (Fsp3) is 0.350. The van der Waals surface area contributed by atoms with Crippen LogP contribution in [0.15, 0.2) is 34.7 Å². The minimum atomic E-state index is -0.124. The molecule has 138 valence electrons. The predicted molar refractivity (Wildman–Crippen MR) is 103 cm³/mol. The zero-order chi connectivity index (χ0) is 18.7. The highest BCUT2D eigenvalue weighted by Gasteiger charge is 2.24. The van der Waals surface area contributed by atoms with Gasteiger partial charge in [0.25, 0.3) is 5.91 Å². The molecule has 3 rings (SSSR count). The second-order valence-corrected chi connectivity index (χ2v) is 7.52. The number of rotatable bonds is 7. The molecule has 0 fully saturated rings. The number of fused-ring (bicyclic) bond motifs is 1. The molecule has 0 atom stereocenters. The molecule has 0 aliphatic rings. The SMILES string of the molecule is COCCN(Cc1ccc(C)s1)C(=O)c1oc2cc(OC)ccc2c1C. The van der Waals surface area contributed by atoms with Crippen molar-refractivity contribution in [1.82, 2.24) is 4.90 Å². The Balaban J connectivity index is 1.92. The van der Waals surface area contributed by atoms with Crippen LogP contribution in [0.3, 0.4) is 0 Å². The third-order valence-electron chi connectivity index (χ3n) is 4.33. The second-order valence-electron chi connectivity index (χ2n) is 6.15. The Labute approximate surface area is 157 Å². The molecular formula is C20H23NO4S. The standard InChI is InChI=1S/C20H23NO4S/c1-13-5-7-16(26-13)12-21(9-10-23-3)20(22)19-14(2)17-8-6-15(24-4)11-18(17)25-19/h5-8,11H,9-10,12H2,1-4H3. The van der Waals surface area contributed by atoms with Gasteiger partial charge in [0.05, 0.1) is 20.3 Å². The van der Waals surface area contributed by atoms with Gasteiger partial charge in [0.15, 0.2) is 5.76 Å². The summed E-state index contributed by atoms with van der Waals surface area (Å²) < 4.78 is 16.3.